The van der Waals surface area contributed by atoms with Crippen molar-refractivity contribution in [3.8, 4) is 27.9 Å². The molecule has 0 saturated carbocycles. The monoisotopic (exact) mass is 770 g/mol. The summed E-state index contributed by atoms with van der Waals surface area (Å²) in [5.74, 6) is 0. The van der Waals surface area contributed by atoms with Gasteiger partial charge in [-0.1, -0.05) is 126 Å². The third-order valence-electron chi connectivity index (χ3n) is 14.3. The summed E-state index contributed by atoms with van der Waals surface area (Å²) in [5.41, 5.74) is 21.4. The minimum atomic E-state index is -0.162. The van der Waals surface area contributed by atoms with Crippen LogP contribution >= 0.6 is 0 Å². The quantitative estimate of drug-likeness (QED) is 0.156. The van der Waals surface area contributed by atoms with Gasteiger partial charge in [0, 0.05) is 60.4 Å². The molecule has 284 valence electrons. The highest BCUT2D eigenvalue weighted by Crippen LogP contribution is 2.52. The van der Waals surface area contributed by atoms with E-state index < -0.39 is 0 Å². The van der Waals surface area contributed by atoms with Crippen LogP contribution in [0.4, 0.5) is 11.4 Å². The van der Waals surface area contributed by atoms with Gasteiger partial charge in [0.15, 0.2) is 0 Å². The molecular formula is C55H39BN2O2. The third kappa shape index (κ3) is 3.98. The first kappa shape index (κ1) is 32.9. The third-order valence-corrected chi connectivity index (χ3v) is 14.3. The van der Waals surface area contributed by atoms with Crippen molar-refractivity contribution in [3.05, 3.63) is 162 Å². The van der Waals surface area contributed by atoms with Crippen molar-refractivity contribution in [2.45, 2.75) is 45.4 Å². The minimum Gasteiger partial charge on any atom is -0.456 e. The molecular weight excluding hydrogens is 731 g/mol. The van der Waals surface area contributed by atoms with E-state index in [1.54, 1.807) is 0 Å². The van der Waals surface area contributed by atoms with Crippen molar-refractivity contribution < 1.29 is 8.83 Å². The lowest BCUT2D eigenvalue weighted by Crippen LogP contribution is -2.60. The second-order valence-corrected chi connectivity index (χ2v) is 18.9. The number of anilines is 2. The first-order valence-corrected chi connectivity index (χ1v) is 21.2. The molecule has 14 rings (SSSR count). The predicted octanol–water partition coefficient (Wildman–Crippen LogP) is 13.4. The van der Waals surface area contributed by atoms with Crippen LogP contribution in [0.15, 0.2) is 154 Å². The van der Waals surface area contributed by atoms with Gasteiger partial charge in [-0.05, 0) is 104 Å². The van der Waals surface area contributed by atoms with Gasteiger partial charge in [0.05, 0.1) is 11.0 Å². The summed E-state index contributed by atoms with van der Waals surface area (Å²) >= 11 is 0. The van der Waals surface area contributed by atoms with Crippen LogP contribution < -0.4 is 15.7 Å². The highest BCUT2D eigenvalue weighted by Gasteiger charge is 2.46. The highest BCUT2D eigenvalue weighted by molar-refractivity contribution is 6.93. The molecule has 2 aliphatic heterocycles. The summed E-state index contributed by atoms with van der Waals surface area (Å²) < 4.78 is 15.8. The second kappa shape index (κ2) is 10.8. The lowest BCUT2D eigenvalue weighted by molar-refractivity contribution is 0.590. The number of rotatable bonds is 1. The maximum absolute atomic E-state index is 6.62. The fourth-order valence-corrected chi connectivity index (χ4v) is 11.4. The molecule has 0 N–H and O–H groups in total. The molecule has 0 amide bonds. The Morgan fingerprint density at radius 1 is 0.500 bits per heavy atom. The molecule has 0 atom stereocenters. The summed E-state index contributed by atoms with van der Waals surface area (Å²) in [4.78, 5) is 2.64. The highest BCUT2D eigenvalue weighted by atomic mass is 16.3. The Morgan fingerprint density at radius 2 is 1.18 bits per heavy atom. The molecule has 0 bridgehead atoms. The first-order chi connectivity index (χ1) is 29.1. The zero-order chi connectivity index (χ0) is 40.0. The minimum absolute atomic E-state index is 0.0308. The second-order valence-electron chi connectivity index (χ2n) is 18.9. The van der Waals surface area contributed by atoms with Gasteiger partial charge in [-0.2, -0.15) is 0 Å². The summed E-state index contributed by atoms with van der Waals surface area (Å²) in [6, 6.07) is 54.5. The lowest BCUT2D eigenvalue weighted by Gasteiger charge is -2.42. The van der Waals surface area contributed by atoms with E-state index in [2.05, 4.69) is 190 Å². The molecule has 1 aliphatic carbocycles. The Kier molecular flexibility index (Phi) is 5.92. The SMILES string of the molecule is CC(C)(C)c1ccc(N2B3c4cc5c(cc4-n4c6cc7c(cc6c6ccc(c3c64)-c3cc4oc6ccccc6c4cc32)oc2ccccc27)-c2ccccc2C5(C)C)cc1. The fraction of sp³-hybridized carbons (Fsp3) is 0.127. The predicted molar refractivity (Wildman–Crippen MR) is 251 cm³/mol. The lowest BCUT2D eigenvalue weighted by atomic mass is 9.43. The Hall–Kier alpha value is -6.98. The van der Waals surface area contributed by atoms with E-state index in [-0.39, 0.29) is 17.7 Å². The normalized spacial score (nSPS) is 14.8. The van der Waals surface area contributed by atoms with Crippen LogP contribution in [0, 0.1) is 0 Å². The number of hydrogen-bond donors (Lipinski definition) is 0. The number of aromatic nitrogens is 1. The summed E-state index contributed by atoms with van der Waals surface area (Å²) in [6.45, 7) is 11.6. The number of nitrogens with zero attached hydrogens (tertiary/aromatic N) is 2. The van der Waals surface area contributed by atoms with Crippen LogP contribution in [0.25, 0.3) is 93.6 Å². The molecule has 4 nitrogen and oxygen atoms in total. The molecule has 8 aromatic carbocycles. The van der Waals surface area contributed by atoms with E-state index in [4.69, 9.17) is 8.83 Å². The average Bonchev–Trinajstić information content (AvgIpc) is 3.97. The number of para-hydroxylation sites is 2. The van der Waals surface area contributed by atoms with Gasteiger partial charge < -0.3 is 18.2 Å². The maximum atomic E-state index is 6.62. The van der Waals surface area contributed by atoms with Gasteiger partial charge in [-0.3, -0.25) is 0 Å². The molecule has 0 radical (unpaired) electrons. The van der Waals surface area contributed by atoms with E-state index in [9.17, 15) is 0 Å². The number of fused-ring (bicyclic) bond motifs is 17. The summed E-state index contributed by atoms with van der Waals surface area (Å²) in [5, 5.41) is 6.99. The van der Waals surface area contributed by atoms with Crippen molar-refractivity contribution >= 4 is 94.8 Å². The van der Waals surface area contributed by atoms with E-state index in [1.165, 1.54) is 88.7 Å². The number of benzene rings is 8. The number of furan rings is 2. The molecule has 11 aromatic rings. The maximum Gasteiger partial charge on any atom is 0.333 e. The smallest absolute Gasteiger partial charge is 0.333 e. The van der Waals surface area contributed by atoms with Gasteiger partial charge in [0.25, 0.3) is 0 Å². The largest absolute Gasteiger partial charge is 0.456 e. The van der Waals surface area contributed by atoms with Crippen LogP contribution in [0.5, 0.6) is 0 Å². The zero-order valence-electron chi connectivity index (χ0n) is 34.1. The van der Waals surface area contributed by atoms with Crippen LogP contribution in [-0.2, 0) is 10.8 Å². The van der Waals surface area contributed by atoms with Crippen molar-refractivity contribution in [2.75, 3.05) is 4.81 Å². The molecule has 3 aromatic heterocycles. The summed E-state index contributed by atoms with van der Waals surface area (Å²) in [7, 11) is 0. The molecule has 0 saturated heterocycles. The molecule has 5 heteroatoms. The van der Waals surface area contributed by atoms with Gasteiger partial charge in [-0.15, -0.1) is 0 Å². The van der Waals surface area contributed by atoms with Crippen LogP contribution in [0.1, 0.15) is 51.3 Å². The van der Waals surface area contributed by atoms with Crippen molar-refractivity contribution in [2.24, 2.45) is 0 Å². The van der Waals surface area contributed by atoms with E-state index in [0.29, 0.717) is 0 Å². The fourth-order valence-electron chi connectivity index (χ4n) is 11.4. The van der Waals surface area contributed by atoms with Crippen LogP contribution in [0.2, 0.25) is 0 Å². The standard InChI is InChI=1S/C55H39BN2O2/c1-54(2,3)30-18-20-31(21-19-30)58-46-26-41-34-14-8-11-17-49(34)59-50(41)27-38(46)35-22-23-36-39-28-51-40(33-13-7-10-16-48(33)60-51)25-45(39)57-47-24-37-32-12-6-9-15-42(32)55(4,5)43(37)29-44(47)56(58)52(35)53(36)57/h6-29H,1-5H3. The Labute approximate surface area is 347 Å². The molecule has 0 spiro atoms. The van der Waals surface area contributed by atoms with E-state index >= 15 is 0 Å². The van der Waals surface area contributed by atoms with Gasteiger partial charge in [0.1, 0.15) is 22.3 Å². The number of hydrogen-bond acceptors (Lipinski definition) is 3. The van der Waals surface area contributed by atoms with Gasteiger partial charge in [-0.25, -0.2) is 0 Å². The Morgan fingerprint density at radius 3 is 1.93 bits per heavy atom. The molecule has 5 heterocycles. The molecule has 0 unspecified atom stereocenters. The van der Waals surface area contributed by atoms with E-state index in [0.717, 1.165) is 43.9 Å². The average molecular weight is 771 g/mol. The molecule has 3 aliphatic rings. The van der Waals surface area contributed by atoms with Crippen LogP contribution in [-0.4, -0.2) is 11.4 Å². The topological polar surface area (TPSA) is 34.5 Å². The van der Waals surface area contributed by atoms with Crippen molar-refractivity contribution in [1.29, 1.82) is 0 Å². The molecule has 0 fully saturated rings. The zero-order valence-corrected chi connectivity index (χ0v) is 34.1. The Balaban J connectivity index is 1.17. The van der Waals surface area contributed by atoms with Gasteiger partial charge >= 0.3 is 6.85 Å². The van der Waals surface area contributed by atoms with Gasteiger partial charge in [0.2, 0.25) is 0 Å². The Bertz CT molecular complexity index is 3740. The summed E-state index contributed by atoms with van der Waals surface area (Å²) in [6.07, 6.45) is 0. The first-order valence-electron chi connectivity index (χ1n) is 21.2. The van der Waals surface area contributed by atoms with Crippen molar-refractivity contribution in [1.82, 2.24) is 4.57 Å². The van der Waals surface area contributed by atoms with Crippen molar-refractivity contribution in [3.63, 3.8) is 0 Å². The van der Waals surface area contributed by atoms with E-state index in [1.807, 2.05) is 0 Å². The molecule has 60 heavy (non-hydrogen) atoms. The van der Waals surface area contributed by atoms with Crippen LogP contribution in [0.3, 0.4) is 0 Å².